The second kappa shape index (κ2) is 3.24. The predicted molar refractivity (Wildman–Crippen MR) is 52.3 cm³/mol. The van der Waals surface area contributed by atoms with Crippen LogP contribution in [0.5, 0.6) is 5.75 Å². The van der Waals surface area contributed by atoms with E-state index in [0.717, 1.165) is 24.7 Å². The number of nitrogens with one attached hydrogen (secondary N) is 1. The van der Waals surface area contributed by atoms with E-state index in [9.17, 15) is 0 Å². The Balaban J connectivity index is 2.35. The van der Waals surface area contributed by atoms with Gasteiger partial charge >= 0.3 is 0 Å². The molecular formula is C10H14N2O. The highest BCUT2D eigenvalue weighted by molar-refractivity contribution is 5.52. The SMILES string of the molecule is CC(C)c1cnc2c(c1)OCCN2. The molecule has 2 heterocycles. The number of aromatic nitrogens is 1. The zero-order valence-corrected chi connectivity index (χ0v) is 8.00. The first-order chi connectivity index (χ1) is 6.27. The maximum Gasteiger partial charge on any atom is 0.168 e. The van der Waals surface area contributed by atoms with Crippen LogP contribution in [0.4, 0.5) is 5.82 Å². The summed E-state index contributed by atoms with van der Waals surface area (Å²) in [6, 6.07) is 2.07. The molecule has 1 N–H and O–H groups in total. The Bertz CT molecular complexity index is 310. The lowest BCUT2D eigenvalue weighted by Crippen LogP contribution is -2.19. The van der Waals surface area contributed by atoms with Gasteiger partial charge in [0.05, 0.1) is 6.54 Å². The molecule has 0 spiro atoms. The Labute approximate surface area is 78.1 Å². The van der Waals surface area contributed by atoms with Gasteiger partial charge in [-0.05, 0) is 17.5 Å². The lowest BCUT2D eigenvalue weighted by atomic mass is 10.1. The Morgan fingerprint density at radius 2 is 2.38 bits per heavy atom. The molecule has 1 aliphatic heterocycles. The molecule has 1 aliphatic rings. The fourth-order valence-electron chi connectivity index (χ4n) is 1.35. The van der Waals surface area contributed by atoms with Crippen LogP contribution in [-0.2, 0) is 0 Å². The fraction of sp³-hybridized carbons (Fsp3) is 0.500. The highest BCUT2D eigenvalue weighted by atomic mass is 16.5. The molecular weight excluding hydrogens is 164 g/mol. The topological polar surface area (TPSA) is 34.1 Å². The van der Waals surface area contributed by atoms with Crippen molar-refractivity contribution in [1.29, 1.82) is 0 Å². The Morgan fingerprint density at radius 1 is 1.54 bits per heavy atom. The number of anilines is 1. The average Bonchev–Trinajstić information content (AvgIpc) is 2.17. The molecule has 3 nitrogen and oxygen atoms in total. The molecule has 0 bridgehead atoms. The summed E-state index contributed by atoms with van der Waals surface area (Å²) in [7, 11) is 0. The lowest BCUT2D eigenvalue weighted by Gasteiger charge is -2.19. The third kappa shape index (κ3) is 1.59. The van der Waals surface area contributed by atoms with Crippen molar-refractivity contribution in [3.05, 3.63) is 17.8 Å². The van der Waals surface area contributed by atoms with Crippen molar-refractivity contribution in [1.82, 2.24) is 4.98 Å². The molecule has 0 saturated heterocycles. The molecule has 0 fully saturated rings. The summed E-state index contributed by atoms with van der Waals surface area (Å²) >= 11 is 0. The maximum absolute atomic E-state index is 5.49. The number of fused-ring (bicyclic) bond motifs is 1. The molecule has 3 heteroatoms. The summed E-state index contributed by atoms with van der Waals surface area (Å²) in [5, 5.41) is 3.19. The number of pyridine rings is 1. The molecule has 1 aromatic rings. The molecule has 0 saturated carbocycles. The highest BCUT2D eigenvalue weighted by Gasteiger charge is 2.12. The van der Waals surface area contributed by atoms with Gasteiger partial charge in [-0.3, -0.25) is 0 Å². The largest absolute Gasteiger partial charge is 0.488 e. The van der Waals surface area contributed by atoms with Gasteiger partial charge in [0.1, 0.15) is 6.61 Å². The van der Waals surface area contributed by atoms with Gasteiger partial charge in [0.25, 0.3) is 0 Å². The average molecular weight is 178 g/mol. The lowest BCUT2D eigenvalue weighted by molar-refractivity contribution is 0.321. The van der Waals surface area contributed by atoms with Crippen molar-refractivity contribution in [2.24, 2.45) is 0 Å². The van der Waals surface area contributed by atoms with E-state index in [1.807, 2.05) is 6.20 Å². The van der Waals surface area contributed by atoms with E-state index in [0.29, 0.717) is 5.92 Å². The van der Waals surface area contributed by atoms with Gasteiger partial charge in [-0.25, -0.2) is 4.98 Å². The molecule has 0 aromatic carbocycles. The summed E-state index contributed by atoms with van der Waals surface area (Å²) in [5.74, 6) is 2.26. The van der Waals surface area contributed by atoms with E-state index >= 15 is 0 Å². The predicted octanol–water partition coefficient (Wildman–Crippen LogP) is 2.01. The molecule has 0 aliphatic carbocycles. The van der Waals surface area contributed by atoms with Crippen LogP contribution in [0.3, 0.4) is 0 Å². The molecule has 0 unspecified atom stereocenters. The Morgan fingerprint density at radius 3 is 3.15 bits per heavy atom. The van der Waals surface area contributed by atoms with E-state index in [1.54, 1.807) is 0 Å². The Hall–Kier alpha value is -1.25. The van der Waals surface area contributed by atoms with Gasteiger partial charge in [0.15, 0.2) is 11.6 Å². The molecule has 2 rings (SSSR count). The third-order valence-electron chi connectivity index (χ3n) is 2.19. The minimum Gasteiger partial charge on any atom is -0.488 e. The quantitative estimate of drug-likeness (QED) is 0.714. The number of ether oxygens (including phenoxy) is 1. The third-order valence-corrected chi connectivity index (χ3v) is 2.19. The summed E-state index contributed by atoms with van der Waals surface area (Å²) in [6.07, 6.45) is 1.91. The van der Waals surface area contributed by atoms with Crippen LogP contribution in [0, 0.1) is 0 Å². The summed E-state index contributed by atoms with van der Waals surface area (Å²) < 4.78 is 5.49. The van der Waals surface area contributed by atoms with Crippen LogP contribution in [0.2, 0.25) is 0 Å². The zero-order valence-electron chi connectivity index (χ0n) is 8.00. The normalized spacial score (nSPS) is 14.7. The first-order valence-corrected chi connectivity index (χ1v) is 4.64. The first-order valence-electron chi connectivity index (χ1n) is 4.64. The first kappa shape index (κ1) is 8.35. The second-order valence-corrected chi connectivity index (χ2v) is 3.55. The van der Waals surface area contributed by atoms with E-state index < -0.39 is 0 Å². The minimum atomic E-state index is 0.503. The van der Waals surface area contributed by atoms with Crippen molar-refractivity contribution >= 4 is 5.82 Å². The molecule has 70 valence electrons. The van der Waals surface area contributed by atoms with Gasteiger partial charge < -0.3 is 10.1 Å². The molecule has 0 amide bonds. The van der Waals surface area contributed by atoms with Gasteiger partial charge in [-0.2, -0.15) is 0 Å². The maximum atomic E-state index is 5.49. The molecule has 0 radical (unpaired) electrons. The minimum absolute atomic E-state index is 0.503. The second-order valence-electron chi connectivity index (χ2n) is 3.55. The van der Waals surface area contributed by atoms with Crippen LogP contribution in [0.25, 0.3) is 0 Å². The van der Waals surface area contributed by atoms with Gasteiger partial charge in [-0.15, -0.1) is 0 Å². The van der Waals surface area contributed by atoms with Crippen LogP contribution in [0.15, 0.2) is 12.3 Å². The van der Waals surface area contributed by atoms with Gasteiger partial charge in [0.2, 0.25) is 0 Å². The molecule has 1 aromatic heterocycles. The highest BCUT2D eigenvalue weighted by Crippen LogP contribution is 2.27. The van der Waals surface area contributed by atoms with Crippen molar-refractivity contribution in [3.8, 4) is 5.75 Å². The van der Waals surface area contributed by atoms with Crippen LogP contribution >= 0.6 is 0 Å². The molecule has 13 heavy (non-hydrogen) atoms. The van der Waals surface area contributed by atoms with E-state index in [4.69, 9.17) is 4.74 Å². The number of rotatable bonds is 1. The van der Waals surface area contributed by atoms with E-state index in [2.05, 4.69) is 30.2 Å². The zero-order chi connectivity index (χ0) is 9.26. The van der Waals surface area contributed by atoms with Crippen LogP contribution < -0.4 is 10.1 Å². The Kier molecular flexibility index (Phi) is 2.08. The van der Waals surface area contributed by atoms with Gasteiger partial charge in [-0.1, -0.05) is 13.8 Å². The smallest absolute Gasteiger partial charge is 0.168 e. The standard InChI is InChI=1S/C10H14N2O/c1-7(2)8-5-9-10(12-6-8)11-3-4-13-9/h5-7H,3-4H2,1-2H3,(H,11,12). The van der Waals surface area contributed by atoms with Crippen molar-refractivity contribution in [2.75, 3.05) is 18.5 Å². The summed E-state index contributed by atoms with van der Waals surface area (Å²) in [4.78, 5) is 4.30. The van der Waals surface area contributed by atoms with Crippen molar-refractivity contribution in [3.63, 3.8) is 0 Å². The van der Waals surface area contributed by atoms with Crippen LogP contribution in [0.1, 0.15) is 25.3 Å². The number of hydrogen-bond donors (Lipinski definition) is 1. The van der Waals surface area contributed by atoms with Gasteiger partial charge in [0, 0.05) is 6.20 Å². The van der Waals surface area contributed by atoms with Crippen molar-refractivity contribution < 1.29 is 4.74 Å². The monoisotopic (exact) mass is 178 g/mol. The van der Waals surface area contributed by atoms with Crippen molar-refractivity contribution in [2.45, 2.75) is 19.8 Å². The van der Waals surface area contributed by atoms with Crippen LogP contribution in [-0.4, -0.2) is 18.1 Å². The number of nitrogens with zero attached hydrogens (tertiary/aromatic N) is 1. The summed E-state index contributed by atoms with van der Waals surface area (Å²) in [5.41, 5.74) is 1.22. The molecule has 0 atom stereocenters. The summed E-state index contributed by atoms with van der Waals surface area (Å²) in [6.45, 7) is 5.89. The fourth-order valence-corrected chi connectivity index (χ4v) is 1.35. The number of hydrogen-bond acceptors (Lipinski definition) is 3. The van der Waals surface area contributed by atoms with E-state index in [1.165, 1.54) is 5.56 Å². The van der Waals surface area contributed by atoms with E-state index in [-0.39, 0.29) is 0 Å².